The van der Waals surface area contributed by atoms with Gasteiger partial charge in [-0.15, -0.1) is 0 Å². The van der Waals surface area contributed by atoms with Gasteiger partial charge in [0.1, 0.15) is 0 Å². The maximum atomic E-state index is 12.2. The Morgan fingerprint density at radius 2 is 1.87 bits per heavy atom. The van der Waals surface area contributed by atoms with Gasteiger partial charge in [-0.1, -0.05) is 49.4 Å². The van der Waals surface area contributed by atoms with Crippen molar-refractivity contribution in [2.75, 3.05) is 5.73 Å². The largest absolute Gasteiger partial charge is 0.398 e. The molecule has 0 aliphatic rings. The summed E-state index contributed by atoms with van der Waals surface area (Å²) in [4.78, 5) is 12.2. The number of hydrogen-bond donors (Lipinski definition) is 3. The van der Waals surface area contributed by atoms with Crippen LogP contribution in [0.2, 0.25) is 0 Å². The van der Waals surface area contributed by atoms with Gasteiger partial charge in [0.15, 0.2) is 0 Å². The van der Waals surface area contributed by atoms with Crippen LogP contribution in [-0.4, -0.2) is 11.9 Å². The molecule has 122 valence electrons. The van der Waals surface area contributed by atoms with Gasteiger partial charge >= 0.3 is 0 Å². The lowest BCUT2D eigenvalue weighted by molar-refractivity contribution is -0.122. The van der Waals surface area contributed by atoms with Gasteiger partial charge in [-0.3, -0.25) is 4.79 Å². The zero-order valence-corrected chi connectivity index (χ0v) is 13.6. The molecular weight excluding hydrogens is 286 g/mol. The number of hydrogen-bond acceptors (Lipinski definition) is 3. The summed E-state index contributed by atoms with van der Waals surface area (Å²) >= 11 is 0. The second-order valence-electron chi connectivity index (χ2n) is 5.69. The molecule has 5 N–H and O–H groups in total. The van der Waals surface area contributed by atoms with Crippen LogP contribution in [0, 0.1) is 0 Å². The summed E-state index contributed by atoms with van der Waals surface area (Å²) in [5.41, 5.74) is 16.1. The summed E-state index contributed by atoms with van der Waals surface area (Å²) < 4.78 is 0. The van der Waals surface area contributed by atoms with Crippen LogP contribution in [-0.2, 0) is 24.2 Å². The van der Waals surface area contributed by atoms with Crippen LogP contribution in [0.1, 0.15) is 30.0 Å². The van der Waals surface area contributed by atoms with Gasteiger partial charge in [0.25, 0.3) is 0 Å². The van der Waals surface area contributed by atoms with E-state index in [1.165, 1.54) is 5.56 Å². The average Bonchev–Trinajstić information content (AvgIpc) is 2.58. The van der Waals surface area contributed by atoms with E-state index in [0.29, 0.717) is 13.0 Å². The fourth-order valence-corrected chi connectivity index (χ4v) is 2.66. The molecule has 1 atom stereocenters. The minimum Gasteiger partial charge on any atom is -0.398 e. The molecule has 4 heteroatoms. The summed E-state index contributed by atoms with van der Waals surface area (Å²) in [5, 5.41) is 2.92. The van der Waals surface area contributed by atoms with Crippen LogP contribution in [0.4, 0.5) is 5.69 Å². The van der Waals surface area contributed by atoms with E-state index in [4.69, 9.17) is 11.5 Å². The van der Waals surface area contributed by atoms with Gasteiger partial charge in [-0.2, -0.15) is 0 Å². The summed E-state index contributed by atoms with van der Waals surface area (Å²) in [5.74, 6) is -0.120. The minimum absolute atomic E-state index is 0.120. The van der Waals surface area contributed by atoms with Crippen LogP contribution in [0.5, 0.6) is 0 Å². The Balaban J connectivity index is 1.86. The second-order valence-corrected chi connectivity index (χ2v) is 5.69. The van der Waals surface area contributed by atoms with E-state index in [2.05, 4.69) is 12.2 Å². The molecule has 0 fully saturated rings. The molecule has 4 nitrogen and oxygen atoms in total. The highest BCUT2D eigenvalue weighted by atomic mass is 16.2. The van der Waals surface area contributed by atoms with E-state index in [9.17, 15) is 4.79 Å². The quantitative estimate of drug-likeness (QED) is 0.687. The molecule has 23 heavy (non-hydrogen) atoms. The smallest absolute Gasteiger partial charge is 0.237 e. The normalized spacial score (nSPS) is 11.9. The number of nitrogens with two attached hydrogens (primary N) is 2. The third-order valence-corrected chi connectivity index (χ3v) is 4.04. The van der Waals surface area contributed by atoms with E-state index in [1.54, 1.807) is 0 Å². The first-order chi connectivity index (χ1) is 11.1. The highest BCUT2D eigenvalue weighted by molar-refractivity contribution is 5.81. The van der Waals surface area contributed by atoms with Crippen molar-refractivity contribution in [1.82, 2.24) is 5.32 Å². The molecule has 0 spiro atoms. The fraction of sp³-hybridized carbons (Fsp3) is 0.316. The van der Waals surface area contributed by atoms with Gasteiger partial charge in [0.2, 0.25) is 5.91 Å². The van der Waals surface area contributed by atoms with Crippen molar-refractivity contribution in [1.29, 1.82) is 0 Å². The third kappa shape index (κ3) is 4.83. The summed E-state index contributed by atoms with van der Waals surface area (Å²) in [7, 11) is 0. The first kappa shape index (κ1) is 17.0. The molecule has 0 aliphatic heterocycles. The molecule has 2 rings (SSSR count). The predicted octanol–water partition coefficient (Wildman–Crippen LogP) is 2.41. The Morgan fingerprint density at radius 3 is 2.57 bits per heavy atom. The summed E-state index contributed by atoms with van der Waals surface area (Å²) in [6.45, 7) is 2.52. The molecule has 0 radical (unpaired) electrons. The zero-order valence-electron chi connectivity index (χ0n) is 13.6. The summed E-state index contributed by atoms with van der Waals surface area (Å²) in [6.07, 6.45) is 2.28. The SMILES string of the molecule is CCc1c(N)cccc1CNC(=O)[C@H](N)CCc1ccccc1. The molecule has 2 aromatic rings. The van der Waals surface area contributed by atoms with E-state index in [-0.39, 0.29) is 5.91 Å². The van der Waals surface area contributed by atoms with Crippen molar-refractivity contribution in [3.05, 3.63) is 65.2 Å². The molecular formula is C19H25N3O. The van der Waals surface area contributed by atoms with Crippen LogP contribution in [0.15, 0.2) is 48.5 Å². The van der Waals surface area contributed by atoms with Crippen LogP contribution in [0.3, 0.4) is 0 Å². The highest BCUT2D eigenvalue weighted by Gasteiger charge is 2.14. The van der Waals surface area contributed by atoms with E-state index in [1.807, 2.05) is 48.5 Å². The monoisotopic (exact) mass is 311 g/mol. The highest BCUT2D eigenvalue weighted by Crippen LogP contribution is 2.17. The molecule has 0 heterocycles. The lowest BCUT2D eigenvalue weighted by atomic mass is 10.0. The van der Waals surface area contributed by atoms with Gasteiger partial charge in [-0.05, 0) is 42.0 Å². The number of nitrogens with one attached hydrogen (secondary N) is 1. The number of benzene rings is 2. The van der Waals surface area contributed by atoms with Crippen LogP contribution in [0.25, 0.3) is 0 Å². The lowest BCUT2D eigenvalue weighted by Crippen LogP contribution is -2.40. The topological polar surface area (TPSA) is 81.1 Å². The number of anilines is 1. The van der Waals surface area contributed by atoms with E-state index < -0.39 is 6.04 Å². The number of nitrogen functional groups attached to an aromatic ring is 1. The van der Waals surface area contributed by atoms with Gasteiger partial charge in [0, 0.05) is 12.2 Å². The lowest BCUT2D eigenvalue weighted by Gasteiger charge is -2.15. The molecule has 0 saturated heterocycles. The van der Waals surface area contributed by atoms with Gasteiger partial charge in [-0.25, -0.2) is 0 Å². The van der Waals surface area contributed by atoms with Gasteiger partial charge in [0.05, 0.1) is 6.04 Å². The average molecular weight is 311 g/mol. The first-order valence-corrected chi connectivity index (χ1v) is 8.05. The van der Waals surface area contributed by atoms with E-state index in [0.717, 1.165) is 29.7 Å². The Morgan fingerprint density at radius 1 is 1.13 bits per heavy atom. The number of rotatable bonds is 7. The van der Waals surface area contributed by atoms with Crippen molar-refractivity contribution < 1.29 is 4.79 Å². The Kier molecular flexibility index (Phi) is 6.18. The van der Waals surface area contributed by atoms with Crippen molar-refractivity contribution in [3.63, 3.8) is 0 Å². The molecule has 2 aromatic carbocycles. The maximum Gasteiger partial charge on any atom is 0.237 e. The van der Waals surface area contributed by atoms with Crippen molar-refractivity contribution in [3.8, 4) is 0 Å². The zero-order chi connectivity index (χ0) is 16.7. The standard InChI is InChI=1S/C19H25N3O/c1-2-16-15(9-6-10-17(16)20)13-22-19(23)18(21)12-11-14-7-4-3-5-8-14/h3-10,18H,2,11-13,20-21H2,1H3,(H,22,23)/t18-/m1/s1. The maximum absolute atomic E-state index is 12.2. The Labute approximate surface area is 137 Å². The molecule has 0 unspecified atom stereocenters. The molecule has 0 saturated carbocycles. The minimum atomic E-state index is -0.499. The fourth-order valence-electron chi connectivity index (χ4n) is 2.66. The van der Waals surface area contributed by atoms with Crippen LogP contribution >= 0.6 is 0 Å². The summed E-state index contributed by atoms with van der Waals surface area (Å²) in [6, 6.07) is 15.3. The number of carbonyl (C=O) groups is 1. The molecule has 1 amide bonds. The number of aryl methyl sites for hydroxylation is 1. The Hall–Kier alpha value is -2.33. The van der Waals surface area contributed by atoms with Gasteiger partial charge < -0.3 is 16.8 Å². The Bertz CT molecular complexity index is 640. The number of carbonyl (C=O) groups excluding carboxylic acids is 1. The van der Waals surface area contributed by atoms with E-state index >= 15 is 0 Å². The molecule has 0 aromatic heterocycles. The second kappa shape index (κ2) is 8.34. The van der Waals surface area contributed by atoms with Crippen molar-refractivity contribution >= 4 is 11.6 Å². The van der Waals surface area contributed by atoms with Crippen molar-refractivity contribution in [2.24, 2.45) is 5.73 Å². The predicted molar refractivity (Wildman–Crippen MR) is 94.8 cm³/mol. The van der Waals surface area contributed by atoms with Crippen molar-refractivity contribution in [2.45, 2.75) is 38.8 Å². The number of amides is 1. The third-order valence-electron chi connectivity index (χ3n) is 4.04. The first-order valence-electron chi connectivity index (χ1n) is 8.05. The molecule has 0 bridgehead atoms. The molecule has 0 aliphatic carbocycles. The van der Waals surface area contributed by atoms with Crippen LogP contribution < -0.4 is 16.8 Å².